The largest absolute Gasteiger partial charge is 0.357 e. The van der Waals surface area contributed by atoms with Crippen LogP contribution >= 0.6 is 0 Å². The summed E-state index contributed by atoms with van der Waals surface area (Å²) in [4.78, 5) is 14.8. The van der Waals surface area contributed by atoms with E-state index in [4.69, 9.17) is 0 Å². The second-order valence-corrected chi connectivity index (χ2v) is 4.09. The lowest BCUT2D eigenvalue weighted by atomic mass is 10.2. The van der Waals surface area contributed by atoms with Crippen molar-refractivity contribution in [2.45, 2.75) is 19.3 Å². The summed E-state index contributed by atoms with van der Waals surface area (Å²) in [7, 11) is 0. The van der Waals surface area contributed by atoms with Crippen LogP contribution < -0.4 is 5.32 Å². The van der Waals surface area contributed by atoms with E-state index in [2.05, 4.69) is 10.3 Å². The fourth-order valence-electron chi connectivity index (χ4n) is 1.71. The van der Waals surface area contributed by atoms with Crippen molar-refractivity contribution in [2.75, 3.05) is 5.32 Å². The van der Waals surface area contributed by atoms with Crippen molar-refractivity contribution in [3.8, 4) is 0 Å². The molecule has 0 bridgehead atoms. The van der Waals surface area contributed by atoms with Crippen LogP contribution in [-0.4, -0.2) is 24.3 Å². The summed E-state index contributed by atoms with van der Waals surface area (Å²) in [6.45, 7) is 0. The number of carbonyl (C=O) groups is 1. The Labute approximate surface area is 112 Å². The minimum absolute atomic E-state index is 0.0284. The van der Waals surface area contributed by atoms with E-state index in [1.54, 1.807) is 18.2 Å². The van der Waals surface area contributed by atoms with Gasteiger partial charge in [0.15, 0.2) is 0 Å². The lowest BCUT2D eigenvalue weighted by molar-refractivity contribution is -0.128. The number of carbonyl (C=O) groups excluding carboxylic acids is 1. The Morgan fingerprint density at radius 3 is 2.55 bits per heavy atom. The number of fused-ring (bicyclic) bond motifs is 1. The number of para-hydroxylation sites is 2. The molecule has 0 atom stereocenters. The van der Waals surface area contributed by atoms with Gasteiger partial charge in [-0.1, -0.05) is 12.1 Å². The van der Waals surface area contributed by atoms with E-state index in [-0.39, 0.29) is 11.4 Å². The Hall–Kier alpha value is -2.18. The predicted molar refractivity (Wildman–Crippen MR) is 66.9 cm³/mol. The molecule has 0 unspecified atom stereocenters. The number of rotatable bonds is 4. The lowest BCUT2D eigenvalue weighted by Crippen LogP contribution is -2.15. The summed E-state index contributed by atoms with van der Waals surface area (Å²) in [6.07, 6.45) is -5.72. The van der Waals surface area contributed by atoms with Crippen molar-refractivity contribution in [2.24, 2.45) is 4.99 Å². The molecule has 1 aliphatic rings. The van der Waals surface area contributed by atoms with Crippen molar-refractivity contribution < 1.29 is 22.4 Å². The molecule has 7 heteroatoms. The van der Waals surface area contributed by atoms with E-state index in [0.717, 1.165) is 6.08 Å². The van der Waals surface area contributed by atoms with Crippen LogP contribution in [0.25, 0.3) is 0 Å². The van der Waals surface area contributed by atoms with Crippen LogP contribution in [0, 0.1) is 0 Å². The zero-order chi connectivity index (χ0) is 14.7. The van der Waals surface area contributed by atoms with E-state index in [1.807, 2.05) is 0 Å². The number of alkyl halides is 4. The topological polar surface area (TPSA) is 41.5 Å². The molecule has 20 heavy (non-hydrogen) atoms. The molecule has 0 amide bonds. The molecule has 0 fully saturated rings. The highest BCUT2D eigenvalue weighted by molar-refractivity contribution is 6.03. The molecule has 0 aromatic heterocycles. The Kier molecular flexibility index (Phi) is 4.16. The highest BCUT2D eigenvalue weighted by Crippen LogP contribution is 2.30. The molecule has 0 radical (unpaired) electrons. The van der Waals surface area contributed by atoms with Gasteiger partial charge in [-0.15, -0.1) is 0 Å². The Morgan fingerprint density at radius 1 is 1.20 bits per heavy atom. The molecule has 1 aromatic carbocycles. The average Bonchev–Trinajstić information content (AvgIpc) is 2.57. The van der Waals surface area contributed by atoms with E-state index in [0.29, 0.717) is 5.69 Å². The van der Waals surface area contributed by atoms with Gasteiger partial charge in [0.1, 0.15) is 5.71 Å². The van der Waals surface area contributed by atoms with E-state index < -0.39 is 30.8 Å². The zero-order valence-electron chi connectivity index (χ0n) is 10.1. The van der Waals surface area contributed by atoms with Crippen molar-refractivity contribution >= 4 is 22.9 Å². The third-order valence-electron chi connectivity index (χ3n) is 2.60. The van der Waals surface area contributed by atoms with Crippen molar-refractivity contribution in [3.05, 3.63) is 36.0 Å². The summed E-state index contributed by atoms with van der Waals surface area (Å²) < 4.78 is 50.2. The van der Waals surface area contributed by atoms with Crippen LogP contribution in [-0.2, 0) is 4.79 Å². The fraction of sp³-hybridized carbons (Fsp3) is 0.231. The molecule has 106 valence electrons. The first kappa shape index (κ1) is 14.2. The number of anilines is 1. The number of allylic oxidation sites excluding steroid dienone is 2. The maximum absolute atomic E-state index is 12.8. The van der Waals surface area contributed by atoms with Crippen LogP contribution in [0.3, 0.4) is 0 Å². The zero-order valence-corrected chi connectivity index (χ0v) is 10.1. The smallest absolute Gasteiger partial charge is 0.296 e. The van der Waals surface area contributed by atoms with Crippen LogP contribution in [0.5, 0.6) is 0 Å². The summed E-state index contributed by atoms with van der Waals surface area (Å²) >= 11 is 0. The van der Waals surface area contributed by atoms with Gasteiger partial charge in [-0.25, -0.2) is 22.6 Å². The second-order valence-electron chi connectivity index (χ2n) is 4.09. The van der Waals surface area contributed by atoms with Gasteiger partial charge >= 0.3 is 0 Å². The highest BCUT2D eigenvalue weighted by Gasteiger charge is 2.21. The van der Waals surface area contributed by atoms with Gasteiger partial charge in [0.25, 0.3) is 12.9 Å². The predicted octanol–water partition coefficient (Wildman–Crippen LogP) is 3.56. The number of ketones is 1. The van der Waals surface area contributed by atoms with Gasteiger partial charge in [0.05, 0.1) is 17.8 Å². The van der Waals surface area contributed by atoms with E-state index in [9.17, 15) is 22.4 Å². The molecular formula is C13H10F4N2O. The quantitative estimate of drug-likeness (QED) is 0.860. The minimum Gasteiger partial charge on any atom is -0.357 e. The molecule has 1 aliphatic heterocycles. The maximum Gasteiger partial charge on any atom is 0.296 e. The molecule has 3 nitrogen and oxygen atoms in total. The summed E-state index contributed by atoms with van der Waals surface area (Å²) in [5, 5.41) is 2.69. The average molecular weight is 286 g/mol. The maximum atomic E-state index is 12.8. The van der Waals surface area contributed by atoms with Crippen molar-refractivity contribution in [1.82, 2.24) is 0 Å². The lowest BCUT2D eigenvalue weighted by Gasteiger charge is -2.09. The number of aliphatic imine (C=N–C) groups is 1. The van der Waals surface area contributed by atoms with Crippen LogP contribution in [0.4, 0.5) is 28.9 Å². The summed E-state index contributed by atoms with van der Waals surface area (Å²) in [5.74, 6) is -1.34. The van der Waals surface area contributed by atoms with Crippen LogP contribution in [0.1, 0.15) is 6.42 Å². The first-order valence-corrected chi connectivity index (χ1v) is 5.71. The van der Waals surface area contributed by atoms with E-state index in [1.165, 1.54) is 6.07 Å². The second kappa shape index (κ2) is 5.85. The third-order valence-corrected chi connectivity index (χ3v) is 2.60. The molecule has 1 N–H and O–H groups in total. The molecule has 0 aliphatic carbocycles. The number of nitrogens with zero attached hydrogens (tertiary/aromatic N) is 1. The third kappa shape index (κ3) is 3.23. The van der Waals surface area contributed by atoms with Gasteiger partial charge in [-0.2, -0.15) is 0 Å². The first-order chi connectivity index (χ1) is 9.47. The number of hydrogen-bond donors (Lipinski definition) is 1. The van der Waals surface area contributed by atoms with Crippen molar-refractivity contribution in [1.29, 1.82) is 0 Å². The van der Waals surface area contributed by atoms with Gasteiger partial charge in [0, 0.05) is 5.70 Å². The molecule has 1 aromatic rings. The molecular weight excluding hydrogens is 276 g/mol. The number of halogens is 4. The van der Waals surface area contributed by atoms with Gasteiger partial charge in [0.2, 0.25) is 5.78 Å². The molecule has 2 rings (SSSR count). The first-order valence-electron chi connectivity index (χ1n) is 5.71. The highest BCUT2D eigenvalue weighted by atomic mass is 19.3. The van der Waals surface area contributed by atoms with Gasteiger partial charge < -0.3 is 5.32 Å². The fourth-order valence-corrected chi connectivity index (χ4v) is 1.71. The van der Waals surface area contributed by atoms with Crippen molar-refractivity contribution in [3.63, 3.8) is 0 Å². The Bertz CT molecular complexity index is 581. The Morgan fingerprint density at radius 2 is 1.90 bits per heavy atom. The molecule has 0 spiro atoms. The Balaban J connectivity index is 2.35. The SMILES string of the molecule is O=C(CC1=CC(C(F)F)=Nc2ccccc2N1)C(F)F. The number of hydrogen-bond acceptors (Lipinski definition) is 3. The molecule has 1 heterocycles. The number of benzene rings is 1. The summed E-state index contributed by atoms with van der Waals surface area (Å²) in [6, 6.07) is 6.33. The summed E-state index contributed by atoms with van der Waals surface area (Å²) in [5.41, 5.74) is 0.0498. The monoisotopic (exact) mass is 286 g/mol. The standard InChI is InChI=1S/C13H10F4N2O/c14-12(15)10-5-7(6-11(20)13(16)17)18-8-3-1-2-4-9(8)19-10/h1-5,12-13,18H,6H2. The molecule has 0 saturated carbocycles. The van der Waals surface area contributed by atoms with E-state index >= 15 is 0 Å². The van der Waals surface area contributed by atoms with Crippen LogP contribution in [0.2, 0.25) is 0 Å². The normalized spacial score (nSPS) is 14.3. The van der Waals surface area contributed by atoms with Gasteiger partial charge in [-0.3, -0.25) is 4.79 Å². The number of nitrogens with one attached hydrogen (secondary N) is 1. The van der Waals surface area contributed by atoms with Crippen LogP contribution in [0.15, 0.2) is 41.0 Å². The minimum atomic E-state index is -3.14. The molecule has 0 saturated heterocycles. The van der Waals surface area contributed by atoms with Gasteiger partial charge in [-0.05, 0) is 18.2 Å². The number of Topliss-reactive ketones (excluding diaryl/α,β-unsaturated/α-hetero) is 1.